The lowest BCUT2D eigenvalue weighted by Gasteiger charge is -2.25. The molecule has 158 valence electrons. The number of amides is 1. The van der Waals surface area contributed by atoms with E-state index in [1.807, 2.05) is 30.3 Å². The van der Waals surface area contributed by atoms with Gasteiger partial charge in [0, 0.05) is 18.7 Å². The molecule has 3 rings (SSSR count). The number of esters is 1. The number of ether oxygens (including phenoxy) is 2. The molecule has 0 unspecified atom stereocenters. The lowest BCUT2D eigenvalue weighted by molar-refractivity contribution is -0.384. The molecule has 0 N–H and O–H groups in total. The molecule has 2 aromatic carbocycles. The van der Waals surface area contributed by atoms with Crippen molar-refractivity contribution < 1.29 is 28.4 Å². The summed E-state index contributed by atoms with van der Waals surface area (Å²) in [5.41, 5.74) is 0.720. The number of nitrogens with zero attached hydrogens (tertiary/aromatic N) is 2. The predicted octanol–water partition coefficient (Wildman–Crippen LogP) is 3.89. The Morgan fingerprint density at radius 1 is 1.13 bits per heavy atom. The zero-order chi connectivity index (χ0) is 21.5. The number of rotatable bonds is 5. The van der Waals surface area contributed by atoms with Crippen LogP contribution in [0.2, 0.25) is 0 Å². The summed E-state index contributed by atoms with van der Waals surface area (Å²) >= 11 is 0. The fourth-order valence-electron chi connectivity index (χ4n) is 3.10. The van der Waals surface area contributed by atoms with Gasteiger partial charge in [0.25, 0.3) is 5.69 Å². The maximum absolute atomic E-state index is 14.5. The van der Waals surface area contributed by atoms with Gasteiger partial charge in [0.2, 0.25) is 0 Å². The normalized spacial score (nSPS) is 18.9. The number of carbonyl (C=O) groups excluding carboxylic acids is 2. The van der Waals surface area contributed by atoms with Gasteiger partial charge in [-0.25, -0.2) is 14.0 Å². The van der Waals surface area contributed by atoms with Crippen molar-refractivity contribution in [3.63, 3.8) is 0 Å². The van der Waals surface area contributed by atoms with Crippen molar-refractivity contribution in [2.24, 2.45) is 0 Å². The molecular formula is C21H21FN2O6. The van der Waals surface area contributed by atoms with E-state index in [9.17, 15) is 24.1 Å². The van der Waals surface area contributed by atoms with Crippen LogP contribution in [0, 0.1) is 10.1 Å². The summed E-state index contributed by atoms with van der Waals surface area (Å²) in [5, 5.41) is 10.7. The van der Waals surface area contributed by atoms with Gasteiger partial charge < -0.3 is 14.4 Å². The molecule has 0 saturated carbocycles. The fourth-order valence-corrected chi connectivity index (χ4v) is 3.10. The van der Waals surface area contributed by atoms with Crippen molar-refractivity contribution in [2.45, 2.75) is 31.7 Å². The largest absolute Gasteiger partial charge is 0.454 e. The van der Waals surface area contributed by atoms with Crippen LogP contribution in [-0.4, -0.2) is 47.3 Å². The number of nitro benzene ring substituents is 1. The number of alkyl halides is 1. The second-order valence-electron chi connectivity index (χ2n) is 6.89. The second-order valence-corrected chi connectivity index (χ2v) is 6.89. The molecule has 9 heteroatoms. The molecule has 0 radical (unpaired) electrons. The van der Waals surface area contributed by atoms with Crippen molar-refractivity contribution in [3.8, 4) is 0 Å². The summed E-state index contributed by atoms with van der Waals surface area (Å²) < 4.78 is 25.1. The zero-order valence-corrected chi connectivity index (χ0v) is 16.1. The summed E-state index contributed by atoms with van der Waals surface area (Å²) in [6.45, 7) is 0.246. The lowest BCUT2D eigenvalue weighted by atomic mass is 10.1. The molecule has 0 aromatic heterocycles. The third kappa shape index (κ3) is 5.53. The Kier molecular flexibility index (Phi) is 6.95. The van der Waals surface area contributed by atoms with Gasteiger partial charge in [0.1, 0.15) is 12.8 Å². The molecule has 0 bridgehead atoms. The molecule has 1 heterocycles. The maximum atomic E-state index is 14.5. The van der Waals surface area contributed by atoms with Crippen LogP contribution >= 0.6 is 0 Å². The first kappa shape index (κ1) is 21.2. The molecule has 8 nitrogen and oxygen atoms in total. The number of benzene rings is 2. The first-order chi connectivity index (χ1) is 14.4. The minimum atomic E-state index is -1.43. The summed E-state index contributed by atoms with van der Waals surface area (Å²) in [6, 6.07) is 14.0. The lowest BCUT2D eigenvalue weighted by Crippen LogP contribution is -2.41. The van der Waals surface area contributed by atoms with Crippen molar-refractivity contribution >= 4 is 17.7 Å². The average Bonchev–Trinajstić information content (AvgIpc) is 2.94. The van der Waals surface area contributed by atoms with Crippen LogP contribution in [0.15, 0.2) is 54.6 Å². The minimum Gasteiger partial charge on any atom is -0.454 e. The first-order valence-corrected chi connectivity index (χ1v) is 9.49. The molecule has 1 saturated heterocycles. The van der Waals surface area contributed by atoms with Crippen molar-refractivity contribution in [1.29, 1.82) is 0 Å². The van der Waals surface area contributed by atoms with Crippen molar-refractivity contribution in [1.82, 2.24) is 4.90 Å². The quantitative estimate of drug-likeness (QED) is 0.417. The van der Waals surface area contributed by atoms with Gasteiger partial charge in [-0.1, -0.05) is 30.3 Å². The van der Waals surface area contributed by atoms with Gasteiger partial charge in [0.15, 0.2) is 6.10 Å². The molecule has 1 aliphatic heterocycles. The van der Waals surface area contributed by atoms with E-state index in [1.54, 1.807) is 0 Å². The summed E-state index contributed by atoms with van der Waals surface area (Å²) in [7, 11) is 0. The van der Waals surface area contributed by atoms with Gasteiger partial charge in [0.05, 0.1) is 17.0 Å². The summed E-state index contributed by atoms with van der Waals surface area (Å²) in [6.07, 6.45) is -2.64. The van der Waals surface area contributed by atoms with Gasteiger partial charge in [-0.3, -0.25) is 10.1 Å². The van der Waals surface area contributed by atoms with Crippen LogP contribution in [0.25, 0.3) is 0 Å². The third-order valence-electron chi connectivity index (χ3n) is 4.75. The summed E-state index contributed by atoms with van der Waals surface area (Å²) in [5.74, 6) is -0.808. The van der Waals surface area contributed by atoms with Gasteiger partial charge >= 0.3 is 12.1 Å². The molecule has 0 spiro atoms. The average molecular weight is 416 g/mol. The number of nitro groups is 1. The summed E-state index contributed by atoms with van der Waals surface area (Å²) in [4.78, 5) is 36.2. The number of halogens is 1. The van der Waals surface area contributed by atoms with Crippen molar-refractivity contribution in [3.05, 3.63) is 75.8 Å². The number of carbonyl (C=O) groups is 2. The Morgan fingerprint density at radius 3 is 2.50 bits per heavy atom. The topological polar surface area (TPSA) is 99.0 Å². The first-order valence-electron chi connectivity index (χ1n) is 9.49. The minimum absolute atomic E-state index is 0.0650. The van der Waals surface area contributed by atoms with E-state index in [1.165, 1.54) is 29.2 Å². The molecular weight excluding hydrogens is 395 g/mol. The molecule has 2 aromatic rings. The number of hydrogen-bond donors (Lipinski definition) is 0. The molecule has 1 fully saturated rings. The Bertz CT molecular complexity index is 890. The van der Waals surface area contributed by atoms with E-state index in [2.05, 4.69) is 0 Å². The van der Waals surface area contributed by atoms with Crippen LogP contribution < -0.4 is 0 Å². The molecule has 30 heavy (non-hydrogen) atoms. The van der Waals surface area contributed by atoms with Crippen LogP contribution in [0.1, 0.15) is 28.8 Å². The number of non-ortho nitro benzene ring substituents is 1. The van der Waals surface area contributed by atoms with Crippen molar-refractivity contribution in [2.75, 3.05) is 13.1 Å². The monoisotopic (exact) mass is 416 g/mol. The highest BCUT2D eigenvalue weighted by Gasteiger charge is 2.33. The maximum Gasteiger partial charge on any atom is 0.410 e. The highest BCUT2D eigenvalue weighted by Crippen LogP contribution is 2.21. The Balaban J connectivity index is 1.61. The van der Waals surface area contributed by atoms with Gasteiger partial charge in [-0.2, -0.15) is 0 Å². The second kappa shape index (κ2) is 9.82. The van der Waals surface area contributed by atoms with Crippen LogP contribution in [0.5, 0.6) is 0 Å². The Labute approximate surface area is 172 Å². The molecule has 1 aliphatic rings. The van der Waals surface area contributed by atoms with E-state index in [0.29, 0.717) is 13.0 Å². The van der Waals surface area contributed by atoms with E-state index in [4.69, 9.17) is 9.47 Å². The highest BCUT2D eigenvalue weighted by atomic mass is 19.1. The van der Waals surface area contributed by atoms with Crippen LogP contribution in [-0.2, 0) is 16.1 Å². The van der Waals surface area contributed by atoms with Crippen LogP contribution in [0.3, 0.4) is 0 Å². The van der Waals surface area contributed by atoms with Gasteiger partial charge in [-0.05, 0) is 30.5 Å². The fraction of sp³-hybridized carbons (Fsp3) is 0.333. The van der Waals surface area contributed by atoms with Crippen LogP contribution in [0.4, 0.5) is 14.9 Å². The number of hydrogen-bond acceptors (Lipinski definition) is 6. The molecule has 1 amide bonds. The van der Waals surface area contributed by atoms with E-state index < -0.39 is 29.3 Å². The SMILES string of the molecule is O=C(O[C@H]1CN(C(=O)OCc2ccccc2)CCC[C@H]1F)c1ccc([N+](=O)[O-])cc1. The highest BCUT2D eigenvalue weighted by molar-refractivity contribution is 5.89. The zero-order valence-electron chi connectivity index (χ0n) is 16.1. The van der Waals surface area contributed by atoms with E-state index >= 15 is 0 Å². The smallest absolute Gasteiger partial charge is 0.410 e. The van der Waals surface area contributed by atoms with E-state index in [0.717, 1.165) is 5.56 Å². The Hall–Kier alpha value is -3.49. The predicted molar refractivity (Wildman–Crippen MR) is 105 cm³/mol. The molecule has 2 atom stereocenters. The van der Waals surface area contributed by atoms with Gasteiger partial charge in [-0.15, -0.1) is 0 Å². The third-order valence-corrected chi connectivity index (χ3v) is 4.75. The number of likely N-dealkylation sites (tertiary alicyclic amines) is 1. The Morgan fingerprint density at radius 2 is 1.83 bits per heavy atom. The standard InChI is InChI=1S/C21H21FN2O6/c22-18-7-4-12-23(21(26)29-14-15-5-2-1-3-6-15)13-19(18)30-20(25)16-8-10-17(11-9-16)24(27)28/h1-3,5-6,8-11,18-19H,4,7,12-14H2/t18-,19+/m1/s1. The van der Waals surface area contributed by atoms with E-state index in [-0.39, 0.29) is 30.8 Å². The molecule has 0 aliphatic carbocycles.